The summed E-state index contributed by atoms with van der Waals surface area (Å²) >= 11 is 0. The van der Waals surface area contributed by atoms with Crippen LogP contribution in [0.4, 0.5) is 11.4 Å². The average Bonchev–Trinajstić information content (AvgIpc) is 3.15. The summed E-state index contributed by atoms with van der Waals surface area (Å²) in [5.74, 6) is -0.150. The van der Waals surface area contributed by atoms with Gasteiger partial charge in [-0.1, -0.05) is 19.1 Å². The molecule has 0 aliphatic heterocycles. The Bertz CT molecular complexity index is 1410. The molecule has 0 aliphatic carbocycles. The molecule has 1 aromatic heterocycles. The smallest absolute Gasteiger partial charge is 0.271 e. The summed E-state index contributed by atoms with van der Waals surface area (Å²) in [5, 5.41) is 24.5. The van der Waals surface area contributed by atoms with Crippen LogP contribution in [-0.2, 0) is 6.42 Å². The van der Waals surface area contributed by atoms with Gasteiger partial charge in [0.2, 0.25) is 0 Å². The summed E-state index contributed by atoms with van der Waals surface area (Å²) in [6.45, 7) is 3.40. The highest BCUT2D eigenvalue weighted by molar-refractivity contribution is 6.05. The first kappa shape index (κ1) is 21.7. The summed E-state index contributed by atoms with van der Waals surface area (Å²) < 4.78 is 0.825. The van der Waals surface area contributed by atoms with Crippen molar-refractivity contribution in [3.63, 3.8) is 0 Å². The number of rotatable bonds is 6. The van der Waals surface area contributed by atoms with E-state index in [1.807, 2.05) is 6.92 Å². The molecule has 4 aromatic rings. The fraction of sp³-hybridized carbons (Fsp3) is 0.125. The van der Waals surface area contributed by atoms with E-state index >= 15 is 0 Å². The van der Waals surface area contributed by atoms with E-state index in [0.717, 1.165) is 10.3 Å². The molecule has 0 unspecified atom stereocenters. The lowest BCUT2D eigenvalue weighted by molar-refractivity contribution is -0.384. The summed E-state index contributed by atoms with van der Waals surface area (Å²) in [4.78, 5) is 39.0. The molecule has 0 atom stereocenters. The number of ketones is 1. The SMILES string of the molecule is CCc1cc(-c2nc3ccc([N+](=O)[O-])cc3n2O)ccc1NC(=O)c1ccc(C(C)=O)cc1. The van der Waals surface area contributed by atoms with Crippen molar-refractivity contribution in [1.29, 1.82) is 0 Å². The third-order valence-electron chi connectivity index (χ3n) is 5.37. The molecule has 1 amide bonds. The van der Waals surface area contributed by atoms with Gasteiger partial charge >= 0.3 is 0 Å². The van der Waals surface area contributed by atoms with Crippen molar-refractivity contribution in [1.82, 2.24) is 9.71 Å². The number of amides is 1. The van der Waals surface area contributed by atoms with Gasteiger partial charge in [0.1, 0.15) is 5.52 Å². The molecule has 9 heteroatoms. The van der Waals surface area contributed by atoms with Crippen molar-refractivity contribution in [2.24, 2.45) is 0 Å². The van der Waals surface area contributed by atoms with Crippen molar-refractivity contribution >= 4 is 34.1 Å². The maximum absolute atomic E-state index is 12.7. The Morgan fingerprint density at radius 1 is 1.06 bits per heavy atom. The maximum atomic E-state index is 12.7. The van der Waals surface area contributed by atoms with Crippen LogP contribution in [0.2, 0.25) is 0 Å². The highest BCUT2D eigenvalue weighted by Crippen LogP contribution is 2.29. The molecule has 2 N–H and O–H groups in total. The normalized spacial score (nSPS) is 10.8. The van der Waals surface area contributed by atoms with Gasteiger partial charge in [-0.05, 0) is 55.3 Å². The molecule has 0 fully saturated rings. The number of nitro groups is 1. The number of nitrogens with one attached hydrogen (secondary N) is 1. The molecule has 0 aliphatic rings. The lowest BCUT2D eigenvalue weighted by Gasteiger charge is -2.12. The molecular formula is C24H20N4O5. The Morgan fingerprint density at radius 3 is 2.39 bits per heavy atom. The number of nitrogens with zero attached hydrogens (tertiary/aromatic N) is 3. The Hall–Kier alpha value is -4.53. The second-order valence-electron chi connectivity index (χ2n) is 7.49. The van der Waals surface area contributed by atoms with E-state index in [9.17, 15) is 24.9 Å². The van der Waals surface area contributed by atoms with Gasteiger partial charge in [-0.2, -0.15) is 4.73 Å². The van der Waals surface area contributed by atoms with E-state index in [1.165, 1.54) is 25.1 Å². The van der Waals surface area contributed by atoms with Crippen molar-refractivity contribution in [3.05, 3.63) is 87.5 Å². The fourth-order valence-corrected chi connectivity index (χ4v) is 3.55. The standard InChI is InChI=1S/C24H20N4O5/c1-3-15-12-18(23-25-21-11-9-19(28(32)33)13-22(21)27(23)31)8-10-20(15)26-24(30)17-6-4-16(5-7-17)14(2)29/h4-13,31H,3H2,1-2H3,(H,26,30). The van der Waals surface area contributed by atoms with Crippen LogP contribution in [0.5, 0.6) is 0 Å². The number of carbonyl (C=O) groups excluding carboxylic acids is 2. The average molecular weight is 444 g/mol. The third kappa shape index (κ3) is 4.16. The minimum absolute atomic E-state index is 0.0738. The zero-order valence-electron chi connectivity index (χ0n) is 17.9. The van der Waals surface area contributed by atoms with E-state index in [1.54, 1.807) is 42.5 Å². The number of aryl methyl sites for hydroxylation is 1. The first-order valence-electron chi connectivity index (χ1n) is 10.2. The molecule has 0 spiro atoms. The topological polar surface area (TPSA) is 127 Å². The molecule has 0 saturated heterocycles. The van der Waals surface area contributed by atoms with Gasteiger partial charge in [-0.25, -0.2) is 4.98 Å². The van der Waals surface area contributed by atoms with Gasteiger partial charge in [0.25, 0.3) is 11.6 Å². The summed E-state index contributed by atoms with van der Waals surface area (Å²) in [5.41, 5.74) is 3.47. The number of benzene rings is 3. The number of nitro benzene ring substituents is 1. The van der Waals surface area contributed by atoms with E-state index < -0.39 is 4.92 Å². The fourth-order valence-electron chi connectivity index (χ4n) is 3.55. The van der Waals surface area contributed by atoms with Crippen LogP contribution < -0.4 is 5.32 Å². The van der Waals surface area contributed by atoms with Crippen LogP contribution in [0, 0.1) is 10.1 Å². The van der Waals surface area contributed by atoms with Gasteiger partial charge in [0.15, 0.2) is 11.6 Å². The molecule has 166 valence electrons. The highest BCUT2D eigenvalue weighted by Gasteiger charge is 2.17. The Kier molecular flexibility index (Phi) is 5.61. The molecule has 0 radical (unpaired) electrons. The minimum Gasteiger partial charge on any atom is -0.426 e. The largest absolute Gasteiger partial charge is 0.426 e. The molecule has 1 heterocycles. The molecule has 0 bridgehead atoms. The zero-order chi connectivity index (χ0) is 23.7. The number of fused-ring (bicyclic) bond motifs is 1. The van der Waals surface area contributed by atoms with Gasteiger partial charge in [0.05, 0.1) is 10.4 Å². The molecule has 0 saturated carbocycles. The lowest BCUT2D eigenvalue weighted by atomic mass is 10.0. The van der Waals surface area contributed by atoms with Gasteiger partial charge in [-0.3, -0.25) is 19.7 Å². The van der Waals surface area contributed by atoms with Crippen molar-refractivity contribution in [2.45, 2.75) is 20.3 Å². The predicted molar refractivity (Wildman–Crippen MR) is 123 cm³/mol. The molecule has 4 rings (SSSR count). The minimum atomic E-state index is -0.535. The van der Waals surface area contributed by atoms with Gasteiger partial charge in [-0.15, -0.1) is 0 Å². The van der Waals surface area contributed by atoms with E-state index in [-0.39, 0.29) is 28.7 Å². The third-order valence-corrected chi connectivity index (χ3v) is 5.37. The van der Waals surface area contributed by atoms with E-state index in [4.69, 9.17) is 0 Å². The summed E-state index contributed by atoms with van der Waals surface area (Å²) in [6, 6.07) is 15.7. The number of hydrogen-bond donors (Lipinski definition) is 2. The van der Waals surface area contributed by atoms with E-state index in [0.29, 0.717) is 34.3 Å². The van der Waals surface area contributed by atoms with Crippen LogP contribution in [-0.4, -0.2) is 31.5 Å². The van der Waals surface area contributed by atoms with Crippen molar-refractivity contribution < 1.29 is 19.7 Å². The molecule has 33 heavy (non-hydrogen) atoms. The summed E-state index contributed by atoms with van der Waals surface area (Å²) in [7, 11) is 0. The number of aromatic nitrogens is 2. The molecule has 3 aromatic carbocycles. The Balaban J connectivity index is 1.64. The number of carbonyl (C=O) groups is 2. The zero-order valence-corrected chi connectivity index (χ0v) is 17.9. The Labute approximate surface area is 188 Å². The number of hydrogen-bond acceptors (Lipinski definition) is 6. The first-order valence-corrected chi connectivity index (χ1v) is 10.2. The molecule has 9 nitrogen and oxygen atoms in total. The number of anilines is 1. The number of non-ortho nitro benzene ring substituents is 1. The Morgan fingerprint density at radius 2 is 1.76 bits per heavy atom. The van der Waals surface area contributed by atoms with Crippen LogP contribution in [0.25, 0.3) is 22.4 Å². The van der Waals surface area contributed by atoms with Gasteiger partial charge in [0, 0.05) is 34.5 Å². The van der Waals surface area contributed by atoms with E-state index in [2.05, 4.69) is 10.3 Å². The quantitative estimate of drug-likeness (QED) is 0.189. The number of Topliss-reactive ketones (excluding diaryl/α,β-unsaturated/α-hetero) is 1. The van der Waals surface area contributed by atoms with Crippen LogP contribution in [0.3, 0.4) is 0 Å². The second kappa shape index (κ2) is 8.54. The monoisotopic (exact) mass is 444 g/mol. The molecular weight excluding hydrogens is 424 g/mol. The lowest BCUT2D eigenvalue weighted by Crippen LogP contribution is -2.13. The summed E-state index contributed by atoms with van der Waals surface area (Å²) in [6.07, 6.45) is 0.601. The van der Waals surface area contributed by atoms with Crippen molar-refractivity contribution in [2.75, 3.05) is 5.32 Å². The number of imidazole rings is 1. The highest BCUT2D eigenvalue weighted by atomic mass is 16.6. The van der Waals surface area contributed by atoms with Crippen molar-refractivity contribution in [3.8, 4) is 11.4 Å². The van der Waals surface area contributed by atoms with Gasteiger partial charge < -0.3 is 10.5 Å². The van der Waals surface area contributed by atoms with Crippen LogP contribution in [0.15, 0.2) is 60.7 Å². The van der Waals surface area contributed by atoms with Crippen LogP contribution in [0.1, 0.15) is 40.1 Å². The predicted octanol–water partition coefficient (Wildman–Crippen LogP) is 4.87. The first-order chi connectivity index (χ1) is 15.8. The van der Waals surface area contributed by atoms with Crippen LogP contribution >= 0.6 is 0 Å². The maximum Gasteiger partial charge on any atom is 0.271 e. The second-order valence-corrected chi connectivity index (χ2v) is 7.49.